The number of rotatable bonds is 1. The van der Waals surface area contributed by atoms with Crippen LogP contribution in [0.4, 0.5) is 5.69 Å². The molecule has 7 heteroatoms. The number of carbonyl (C=O) groups excluding carboxylic acids is 1. The second-order valence-corrected chi connectivity index (χ2v) is 6.26. The number of amides is 1. The molecule has 0 radical (unpaired) electrons. The first kappa shape index (κ1) is 21.0. The van der Waals surface area contributed by atoms with Crippen LogP contribution in [0.5, 0.6) is 0 Å². The lowest BCUT2D eigenvalue weighted by molar-refractivity contribution is -0.384. The molecule has 0 spiro atoms. The summed E-state index contributed by atoms with van der Waals surface area (Å²) in [5, 5.41) is 10.0. The average Bonchev–Trinajstić information content (AvgIpc) is 2.48. The van der Waals surface area contributed by atoms with Crippen LogP contribution < -0.4 is 0 Å². The Morgan fingerprint density at radius 1 is 1.09 bits per heavy atom. The highest BCUT2D eigenvalue weighted by molar-refractivity contribution is 5.73. The molecule has 1 fully saturated rings. The largest absolute Gasteiger partial charge is 0.412 e. The van der Waals surface area contributed by atoms with Crippen molar-refractivity contribution in [2.24, 2.45) is 0 Å². The van der Waals surface area contributed by atoms with E-state index in [1.807, 2.05) is 4.90 Å². The Balaban J connectivity index is 0.000000427. The molecule has 0 aromatic heterocycles. The first-order valence-corrected chi connectivity index (χ1v) is 7.42. The van der Waals surface area contributed by atoms with Gasteiger partial charge in [-0.1, -0.05) is 18.2 Å². The van der Waals surface area contributed by atoms with Crippen LogP contribution in [0.1, 0.15) is 27.7 Å². The van der Waals surface area contributed by atoms with Crippen molar-refractivity contribution >= 4 is 11.6 Å². The lowest BCUT2D eigenvalue weighted by atomic mass is 10.1. The van der Waals surface area contributed by atoms with Crippen LogP contribution in [-0.4, -0.2) is 57.8 Å². The van der Waals surface area contributed by atoms with Gasteiger partial charge >= 0.3 is 0 Å². The van der Waals surface area contributed by atoms with Gasteiger partial charge in [0.2, 0.25) is 5.91 Å². The fraction of sp³-hybridized carbons (Fsp3) is 0.562. The van der Waals surface area contributed by atoms with Crippen LogP contribution in [0.25, 0.3) is 0 Å². The van der Waals surface area contributed by atoms with Crippen LogP contribution in [-0.2, 0) is 4.79 Å². The second-order valence-electron chi connectivity index (χ2n) is 6.26. The molecule has 1 aliphatic rings. The fourth-order valence-corrected chi connectivity index (χ4v) is 2.24. The fourth-order valence-electron chi connectivity index (χ4n) is 2.24. The molecule has 1 aliphatic heterocycles. The van der Waals surface area contributed by atoms with E-state index in [0.717, 1.165) is 26.2 Å². The highest BCUT2D eigenvalue weighted by Gasteiger charge is 2.26. The van der Waals surface area contributed by atoms with Gasteiger partial charge in [-0.25, -0.2) is 0 Å². The molecule has 1 aromatic rings. The monoisotopic (exact) mass is 325 g/mol. The molecular weight excluding hydrogens is 298 g/mol. The molecule has 0 unspecified atom stereocenters. The predicted molar refractivity (Wildman–Crippen MR) is 90.3 cm³/mol. The molecule has 1 amide bonds. The van der Waals surface area contributed by atoms with E-state index in [0.29, 0.717) is 0 Å². The van der Waals surface area contributed by atoms with Gasteiger partial charge in [-0.15, -0.1) is 0 Å². The standard InChI is InChI=1S/C10H20N2O.C6H5NO2.H2O/c1-9(13)11-5-7-12(8-6-11)10(2,3)4;8-7(9)6-4-2-1-3-5-6;/h5-8H2,1-4H3;1-5H;1H2. The van der Waals surface area contributed by atoms with E-state index in [9.17, 15) is 14.9 Å². The number of nitro groups is 1. The summed E-state index contributed by atoms with van der Waals surface area (Å²) in [6.07, 6.45) is 0. The van der Waals surface area contributed by atoms with Crippen molar-refractivity contribution in [2.45, 2.75) is 33.2 Å². The summed E-state index contributed by atoms with van der Waals surface area (Å²) in [6, 6.07) is 7.93. The van der Waals surface area contributed by atoms with Crippen molar-refractivity contribution in [3.05, 3.63) is 40.4 Å². The Labute approximate surface area is 137 Å². The van der Waals surface area contributed by atoms with Crippen LogP contribution in [0.2, 0.25) is 0 Å². The van der Waals surface area contributed by atoms with E-state index in [-0.39, 0.29) is 22.6 Å². The molecule has 0 aliphatic carbocycles. The van der Waals surface area contributed by atoms with Crippen LogP contribution in [0.15, 0.2) is 30.3 Å². The maximum atomic E-state index is 11.1. The number of carbonyl (C=O) groups is 1. The number of hydrogen-bond acceptors (Lipinski definition) is 4. The van der Waals surface area contributed by atoms with Crippen molar-refractivity contribution in [3.8, 4) is 0 Å². The molecule has 0 atom stereocenters. The molecule has 0 saturated carbocycles. The molecule has 1 aromatic carbocycles. The summed E-state index contributed by atoms with van der Waals surface area (Å²) < 4.78 is 0. The summed E-state index contributed by atoms with van der Waals surface area (Å²) >= 11 is 0. The Bertz CT molecular complexity index is 492. The average molecular weight is 325 g/mol. The van der Waals surface area contributed by atoms with E-state index >= 15 is 0 Å². The third-order valence-electron chi connectivity index (χ3n) is 3.64. The Morgan fingerprint density at radius 2 is 1.57 bits per heavy atom. The van der Waals surface area contributed by atoms with Gasteiger partial charge in [-0.3, -0.25) is 19.8 Å². The van der Waals surface area contributed by atoms with E-state index in [2.05, 4.69) is 25.7 Å². The van der Waals surface area contributed by atoms with Crippen molar-refractivity contribution in [2.75, 3.05) is 26.2 Å². The molecule has 130 valence electrons. The van der Waals surface area contributed by atoms with Gasteiger partial charge in [0.05, 0.1) is 4.92 Å². The Kier molecular flexibility index (Phi) is 8.42. The van der Waals surface area contributed by atoms with E-state index in [4.69, 9.17) is 0 Å². The van der Waals surface area contributed by atoms with Gasteiger partial charge in [-0.2, -0.15) is 0 Å². The van der Waals surface area contributed by atoms with Crippen molar-refractivity contribution in [3.63, 3.8) is 0 Å². The SMILES string of the molecule is CC(=O)N1CCN(C(C)(C)C)CC1.O.O=[N+]([O-])c1ccccc1. The van der Waals surface area contributed by atoms with Crippen molar-refractivity contribution in [1.29, 1.82) is 0 Å². The third-order valence-corrected chi connectivity index (χ3v) is 3.64. The van der Waals surface area contributed by atoms with Crippen LogP contribution in [0, 0.1) is 10.1 Å². The first-order valence-electron chi connectivity index (χ1n) is 7.42. The summed E-state index contributed by atoms with van der Waals surface area (Å²) in [5.41, 5.74) is 0.376. The minimum absolute atomic E-state index is 0. The smallest absolute Gasteiger partial charge is 0.269 e. The zero-order valence-corrected chi connectivity index (χ0v) is 14.3. The number of hydrogen-bond donors (Lipinski definition) is 0. The van der Waals surface area contributed by atoms with Gasteiger partial charge < -0.3 is 10.4 Å². The summed E-state index contributed by atoms with van der Waals surface area (Å²) in [5.74, 6) is 0.202. The van der Waals surface area contributed by atoms with Crippen molar-refractivity contribution in [1.82, 2.24) is 9.80 Å². The molecular formula is C16H27N3O4. The quantitative estimate of drug-likeness (QED) is 0.580. The van der Waals surface area contributed by atoms with E-state index in [1.54, 1.807) is 25.1 Å². The van der Waals surface area contributed by atoms with E-state index in [1.165, 1.54) is 12.1 Å². The van der Waals surface area contributed by atoms with Crippen LogP contribution in [0.3, 0.4) is 0 Å². The molecule has 0 bridgehead atoms. The number of benzene rings is 1. The highest BCUT2D eigenvalue weighted by atomic mass is 16.6. The Morgan fingerprint density at radius 3 is 1.87 bits per heavy atom. The summed E-state index contributed by atoms with van der Waals surface area (Å²) in [4.78, 5) is 25.0. The highest BCUT2D eigenvalue weighted by Crippen LogP contribution is 2.15. The molecule has 23 heavy (non-hydrogen) atoms. The maximum absolute atomic E-state index is 11.1. The normalized spacial score (nSPS) is 15.0. The summed E-state index contributed by atoms with van der Waals surface area (Å²) in [6.45, 7) is 12.1. The lowest BCUT2D eigenvalue weighted by Crippen LogP contribution is -2.54. The van der Waals surface area contributed by atoms with Gasteiger partial charge in [0, 0.05) is 50.8 Å². The second kappa shape index (κ2) is 9.22. The number of piperazine rings is 1. The van der Waals surface area contributed by atoms with E-state index < -0.39 is 4.92 Å². The number of non-ortho nitro benzene ring substituents is 1. The molecule has 2 N–H and O–H groups in total. The number of nitro benzene ring substituents is 1. The molecule has 1 heterocycles. The molecule has 2 rings (SSSR count). The number of nitrogens with zero attached hydrogens (tertiary/aromatic N) is 3. The number of para-hydroxylation sites is 1. The van der Waals surface area contributed by atoms with Crippen LogP contribution >= 0.6 is 0 Å². The van der Waals surface area contributed by atoms with Gasteiger partial charge in [0.25, 0.3) is 5.69 Å². The first-order chi connectivity index (χ1) is 10.2. The van der Waals surface area contributed by atoms with Gasteiger partial charge in [0.1, 0.15) is 0 Å². The predicted octanol–water partition coefficient (Wildman–Crippen LogP) is 1.72. The zero-order valence-electron chi connectivity index (χ0n) is 14.3. The Hall–Kier alpha value is -1.99. The third kappa shape index (κ3) is 7.21. The van der Waals surface area contributed by atoms with Crippen molar-refractivity contribution < 1.29 is 15.2 Å². The topological polar surface area (TPSA) is 98.2 Å². The molecule has 7 nitrogen and oxygen atoms in total. The van der Waals surface area contributed by atoms with Gasteiger partial charge in [-0.05, 0) is 20.8 Å². The minimum atomic E-state index is -0.417. The minimum Gasteiger partial charge on any atom is -0.412 e. The zero-order chi connectivity index (χ0) is 16.8. The summed E-state index contributed by atoms with van der Waals surface area (Å²) in [7, 11) is 0. The van der Waals surface area contributed by atoms with Gasteiger partial charge in [0.15, 0.2) is 0 Å². The molecule has 1 saturated heterocycles. The maximum Gasteiger partial charge on any atom is 0.269 e. The lowest BCUT2D eigenvalue weighted by Gasteiger charge is -2.42.